The van der Waals surface area contributed by atoms with E-state index < -0.39 is 28.9 Å². The molecular weight excluding hydrogens is 587 g/mol. The van der Waals surface area contributed by atoms with E-state index in [4.69, 9.17) is 0 Å². The van der Waals surface area contributed by atoms with Crippen molar-refractivity contribution >= 4 is 77.2 Å². The normalized spacial score (nSPS) is 17.7. The van der Waals surface area contributed by atoms with Gasteiger partial charge in [0.1, 0.15) is 0 Å². The number of hydrogen-bond donors (Lipinski definition) is 0. The average Bonchev–Trinajstić information content (AvgIpc) is 3.62. The van der Waals surface area contributed by atoms with Crippen LogP contribution in [0.3, 0.4) is 0 Å². The van der Waals surface area contributed by atoms with Crippen LogP contribution in [0.15, 0.2) is 61.2 Å². The Hall–Kier alpha value is -3.21. The number of aryl methyl sites for hydroxylation is 2. The summed E-state index contributed by atoms with van der Waals surface area (Å²) in [7, 11) is 0. The molecule has 0 radical (unpaired) electrons. The third-order valence-corrected chi connectivity index (χ3v) is 10.4. The molecule has 0 amide bonds. The first kappa shape index (κ1) is 27.0. The van der Waals surface area contributed by atoms with Crippen LogP contribution in [0, 0.1) is 13.8 Å². The highest BCUT2D eigenvalue weighted by atomic mass is 32.1. The van der Waals surface area contributed by atoms with E-state index in [9.17, 15) is 4.79 Å². The van der Waals surface area contributed by atoms with E-state index in [1.165, 1.54) is 49.4 Å². The molecule has 5 aromatic rings. The Bertz CT molecular complexity index is 1900. The Morgan fingerprint density at radius 2 is 1.32 bits per heavy atom. The fourth-order valence-corrected chi connectivity index (χ4v) is 8.27. The Morgan fingerprint density at radius 1 is 0.750 bits per heavy atom. The Morgan fingerprint density at radius 3 is 1.93 bits per heavy atom. The number of fused-ring (bicyclic) bond motifs is 2. The Balaban J connectivity index is 1.63. The van der Waals surface area contributed by atoms with E-state index in [0.717, 1.165) is 27.6 Å². The van der Waals surface area contributed by atoms with Crippen molar-refractivity contribution in [2.75, 3.05) is 0 Å². The molecule has 204 valence electrons. The van der Waals surface area contributed by atoms with E-state index in [2.05, 4.69) is 6.58 Å². The lowest BCUT2D eigenvalue weighted by molar-refractivity contribution is -0.254. The molecule has 0 saturated heterocycles. The van der Waals surface area contributed by atoms with Crippen molar-refractivity contribution in [3.8, 4) is 0 Å². The minimum Gasteiger partial charge on any atom is -0.288 e. The highest BCUT2D eigenvalue weighted by molar-refractivity contribution is 7.20. The summed E-state index contributed by atoms with van der Waals surface area (Å²) in [5.41, 5.74) is -3.10. The van der Waals surface area contributed by atoms with Crippen LogP contribution >= 0.6 is 34.0 Å². The molecule has 6 rings (SSSR count). The lowest BCUT2D eigenvalue weighted by atomic mass is 9.91. The minimum atomic E-state index is -5.65. The molecule has 0 unspecified atom stereocenters. The summed E-state index contributed by atoms with van der Waals surface area (Å²) in [6.07, 6.45) is 1.61. The molecule has 1 nitrogen and oxygen atoms in total. The fourth-order valence-electron chi connectivity index (χ4n) is 5.27. The molecule has 1 aliphatic carbocycles. The number of carbonyl (C=O) groups excluding carboxylic acids is 1. The van der Waals surface area contributed by atoms with Gasteiger partial charge in [-0.05, 0) is 38.1 Å². The second-order valence-electron chi connectivity index (χ2n) is 9.48. The number of carbonyl (C=O) groups is 1. The average molecular weight is 605 g/mol. The number of rotatable bonds is 5. The third kappa shape index (κ3) is 3.55. The highest BCUT2D eigenvalue weighted by Gasteiger charge is 2.80. The van der Waals surface area contributed by atoms with Crippen molar-refractivity contribution in [2.24, 2.45) is 0 Å². The molecule has 0 atom stereocenters. The molecule has 3 aromatic heterocycles. The zero-order chi connectivity index (χ0) is 28.8. The van der Waals surface area contributed by atoms with Crippen LogP contribution < -0.4 is 0 Å². The van der Waals surface area contributed by atoms with Crippen LogP contribution in [0.5, 0.6) is 0 Å². The number of ketones is 1. The number of benzene rings is 2. The van der Waals surface area contributed by atoms with Gasteiger partial charge in [0.2, 0.25) is 5.78 Å². The van der Waals surface area contributed by atoms with Gasteiger partial charge in [0, 0.05) is 62.6 Å². The molecule has 0 spiro atoms. The monoisotopic (exact) mass is 604 g/mol. The number of allylic oxidation sites excluding steroid dienone is 2. The fraction of sp³-hybridized carbons (Fsp3) is 0.167. The summed E-state index contributed by atoms with van der Waals surface area (Å²) in [5.74, 6) is -16.3. The van der Waals surface area contributed by atoms with Crippen LogP contribution in [0.25, 0.3) is 37.4 Å². The van der Waals surface area contributed by atoms with Crippen molar-refractivity contribution in [2.45, 2.75) is 31.6 Å². The number of hydrogen-bond acceptors (Lipinski definition) is 4. The first-order valence-corrected chi connectivity index (χ1v) is 14.4. The Kier molecular flexibility index (Phi) is 6.00. The smallest absolute Gasteiger partial charge is 0.288 e. The van der Waals surface area contributed by atoms with E-state index in [0.29, 0.717) is 14.3 Å². The van der Waals surface area contributed by atoms with Gasteiger partial charge in [-0.25, -0.2) is 0 Å². The summed E-state index contributed by atoms with van der Waals surface area (Å²) in [6.45, 7) is 6.58. The first-order chi connectivity index (χ1) is 18.8. The van der Waals surface area contributed by atoms with Gasteiger partial charge < -0.3 is 0 Å². The zero-order valence-electron chi connectivity index (χ0n) is 20.9. The molecule has 0 N–H and O–H groups in total. The predicted octanol–water partition coefficient (Wildman–Crippen LogP) is 10.5. The van der Waals surface area contributed by atoms with Crippen LogP contribution in [0.2, 0.25) is 0 Å². The Labute approximate surface area is 236 Å². The van der Waals surface area contributed by atoms with Crippen molar-refractivity contribution in [1.82, 2.24) is 0 Å². The maximum Gasteiger partial charge on any atom is 0.380 e. The molecule has 0 saturated carbocycles. The molecule has 0 bridgehead atoms. The van der Waals surface area contributed by atoms with E-state index >= 15 is 26.3 Å². The van der Waals surface area contributed by atoms with Crippen molar-refractivity contribution in [3.05, 3.63) is 97.4 Å². The number of halogens is 6. The largest absolute Gasteiger partial charge is 0.380 e. The lowest BCUT2D eigenvalue weighted by Gasteiger charge is -2.26. The van der Waals surface area contributed by atoms with Gasteiger partial charge in [0.05, 0.1) is 4.88 Å². The maximum atomic E-state index is 15.7. The van der Waals surface area contributed by atoms with Crippen molar-refractivity contribution in [1.29, 1.82) is 0 Å². The molecule has 40 heavy (non-hydrogen) atoms. The molecule has 0 fully saturated rings. The van der Waals surface area contributed by atoms with Gasteiger partial charge in [0.15, 0.2) is 0 Å². The summed E-state index contributed by atoms with van der Waals surface area (Å²) >= 11 is 3.31. The second kappa shape index (κ2) is 8.89. The van der Waals surface area contributed by atoms with Crippen LogP contribution in [0.1, 0.15) is 41.0 Å². The lowest BCUT2D eigenvalue weighted by Crippen LogP contribution is -2.48. The van der Waals surface area contributed by atoms with Crippen molar-refractivity contribution in [3.63, 3.8) is 0 Å². The van der Waals surface area contributed by atoms with E-state index in [1.807, 2.05) is 0 Å². The standard InChI is InChI=1S/C30H18F6OS3/c1-4-17-10-12-21(40-17)27(37)16-9-11-19-22(13-16)39-15(3)24(19)26-25(28(31,32)30(35,36)29(26,33)34)23-14(2)38-20-8-6-5-7-18(20)23/h4-13H,1H2,2-3H3. The molecule has 3 heterocycles. The highest BCUT2D eigenvalue weighted by Crippen LogP contribution is 2.67. The second-order valence-corrected chi connectivity index (χ2v) is 13.1. The van der Waals surface area contributed by atoms with Gasteiger partial charge >= 0.3 is 17.8 Å². The number of thiophene rings is 3. The van der Waals surface area contributed by atoms with Crippen LogP contribution in [0.4, 0.5) is 26.3 Å². The van der Waals surface area contributed by atoms with Gasteiger partial charge in [-0.3, -0.25) is 4.79 Å². The molecule has 0 aliphatic heterocycles. The summed E-state index contributed by atoms with van der Waals surface area (Å²) < 4.78 is 93.5. The molecular formula is C30H18F6OS3. The number of alkyl halides is 6. The zero-order valence-corrected chi connectivity index (χ0v) is 23.3. The van der Waals surface area contributed by atoms with Crippen molar-refractivity contribution < 1.29 is 31.1 Å². The topological polar surface area (TPSA) is 17.1 Å². The quantitative estimate of drug-likeness (QED) is 0.144. The summed E-state index contributed by atoms with van der Waals surface area (Å²) in [4.78, 5) is 14.7. The molecule has 2 aromatic carbocycles. The van der Waals surface area contributed by atoms with E-state index in [-0.39, 0.29) is 43.0 Å². The molecule has 10 heteroatoms. The van der Waals surface area contributed by atoms with Gasteiger partial charge in [-0.15, -0.1) is 34.0 Å². The first-order valence-electron chi connectivity index (χ1n) is 12.0. The van der Waals surface area contributed by atoms with Crippen LogP contribution in [-0.4, -0.2) is 23.6 Å². The summed E-state index contributed by atoms with van der Waals surface area (Å²) in [5, 5.41) is 0.320. The van der Waals surface area contributed by atoms with Gasteiger partial charge in [-0.2, -0.15) is 26.3 Å². The third-order valence-electron chi connectivity index (χ3n) is 7.12. The van der Waals surface area contributed by atoms with Crippen LogP contribution in [-0.2, 0) is 0 Å². The minimum absolute atomic E-state index is 0.106. The predicted molar refractivity (Wildman–Crippen MR) is 153 cm³/mol. The SMILES string of the molecule is C=Cc1ccc(C(=O)c2ccc3c(C4=C(c5c(C)sc6ccccc56)C(F)(F)C(F)(F)C4(F)F)c(C)sc3c2)s1. The maximum absolute atomic E-state index is 15.7. The van der Waals surface area contributed by atoms with Gasteiger partial charge in [-0.1, -0.05) is 43.0 Å². The van der Waals surface area contributed by atoms with E-state index in [1.54, 1.807) is 36.4 Å². The summed E-state index contributed by atoms with van der Waals surface area (Å²) in [6, 6.07) is 14.0. The van der Waals surface area contributed by atoms with Gasteiger partial charge in [0.25, 0.3) is 0 Å². The molecule has 1 aliphatic rings.